The first-order chi connectivity index (χ1) is 11.5. The van der Waals surface area contributed by atoms with Crippen molar-refractivity contribution < 1.29 is 4.74 Å². The summed E-state index contributed by atoms with van der Waals surface area (Å²) in [6.07, 6.45) is 1.90. The van der Waals surface area contributed by atoms with Crippen molar-refractivity contribution in [2.45, 2.75) is 45.2 Å². The summed E-state index contributed by atoms with van der Waals surface area (Å²) in [6, 6.07) is 4.26. The molecular weight excluding hydrogens is 304 g/mol. The van der Waals surface area contributed by atoms with Crippen LogP contribution < -0.4 is 21.5 Å². The number of hydrogen-bond donors (Lipinski definition) is 3. The first-order valence-electron chi connectivity index (χ1n) is 8.11. The fourth-order valence-electron chi connectivity index (χ4n) is 3.08. The lowest BCUT2D eigenvalue weighted by molar-refractivity contribution is 0.345. The summed E-state index contributed by atoms with van der Waals surface area (Å²) in [5, 5.41) is 3.31. The average molecular weight is 328 g/mol. The molecule has 0 spiro atoms. The number of hydrogen-bond acceptors (Lipinski definition) is 7. The van der Waals surface area contributed by atoms with E-state index in [1.807, 2.05) is 26.0 Å². The third-order valence-electron chi connectivity index (χ3n) is 4.43. The number of ether oxygens (including phenoxy) is 1. The molecule has 1 aliphatic carbocycles. The van der Waals surface area contributed by atoms with E-state index in [9.17, 15) is 0 Å². The van der Waals surface area contributed by atoms with Gasteiger partial charge < -0.3 is 21.5 Å². The van der Waals surface area contributed by atoms with Crippen LogP contribution in [0.3, 0.4) is 0 Å². The monoisotopic (exact) mass is 328 g/mol. The largest absolute Gasteiger partial charge is 0.481 e. The fourth-order valence-corrected chi connectivity index (χ4v) is 3.08. The Hall–Kier alpha value is -2.41. The number of nitrogen functional groups attached to an aromatic ring is 1. The summed E-state index contributed by atoms with van der Waals surface area (Å²) in [5.41, 5.74) is 15.7. The summed E-state index contributed by atoms with van der Waals surface area (Å²) >= 11 is 0. The third kappa shape index (κ3) is 3.41. The molecule has 1 aliphatic rings. The van der Waals surface area contributed by atoms with Crippen LogP contribution in [0, 0.1) is 13.8 Å². The Bertz CT molecular complexity index is 742. The highest BCUT2D eigenvalue weighted by Gasteiger charge is 2.29. The highest BCUT2D eigenvalue weighted by atomic mass is 16.5. The molecule has 24 heavy (non-hydrogen) atoms. The third-order valence-corrected chi connectivity index (χ3v) is 4.43. The van der Waals surface area contributed by atoms with Crippen molar-refractivity contribution in [3.05, 3.63) is 34.6 Å². The van der Waals surface area contributed by atoms with E-state index >= 15 is 0 Å². The van der Waals surface area contributed by atoms with Gasteiger partial charge in [-0.3, -0.25) is 0 Å². The standard InChI is InChI=1S/C17H24N6O/c1-9-4-10(2)21-16(24-3)13(9)8-20-15-7-14(22-17(19)23-15)11-5-12(18)6-11/h4,7,11-12H,5-6,8,18H2,1-3H3,(H3,19,20,22,23). The number of methoxy groups -OCH3 is 1. The predicted molar refractivity (Wildman–Crippen MR) is 94.0 cm³/mol. The quantitative estimate of drug-likeness (QED) is 0.768. The Kier molecular flexibility index (Phi) is 4.53. The van der Waals surface area contributed by atoms with E-state index in [4.69, 9.17) is 16.2 Å². The average Bonchev–Trinajstić information content (AvgIpc) is 2.49. The van der Waals surface area contributed by atoms with E-state index in [1.54, 1.807) is 7.11 Å². The van der Waals surface area contributed by atoms with E-state index in [-0.39, 0.29) is 12.0 Å². The molecule has 128 valence electrons. The molecule has 1 fully saturated rings. The first kappa shape index (κ1) is 16.4. The molecule has 0 saturated heterocycles. The molecule has 2 aromatic heterocycles. The van der Waals surface area contributed by atoms with Gasteiger partial charge in [-0.25, -0.2) is 9.97 Å². The van der Waals surface area contributed by atoms with Gasteiger partial charge in [0.15, 0.2) is 0 Å². The number of anilines is 2. The lowest BCUT2D eigenvalue weighted by Gasteiger charge is -2.32. The van der Waals surface area contributed by atoms with Crippen LogP contribution in [0.4, 0.5) is 11.8 Å². The summed E-state index contributed by atoms with van der Waals surface area (Å²) in [5.74, 6) is 2.00. The molecule has 0 bridgehead atoms. The summed E-state index contributed by atoms with van der Waals surface area (Å²) in [4.78, 5) is 13.0. The molecule has 0 radical (unpaired) electrons. The molecule has 7 heteroatoms. The number of nitrogens with two attached hydrogens (primary N) is 2. The fraction of sp³-hybridized carbons (Fsp3) is 0.471. The van der Waals surface area contributed by atoms with Gasteiger partial charge in [0, 0.05) is 35.8 Å². The normalized spacial score (nSPS) is 19.7. The van der Waals surface area contributed by atoms with Gasteiger partial charge in [0.05, 0.1) is 12.8 Å². The van der Waals surface area contributed by atoms with Crippen LogP contribution in [0.2, 0.25) is 0 Å². The summed E-state index contributed by atoms with van der Waals surface area (Å²) < 4.78 is 5.40. The van der Waals surface area contributed by atoms with Crippen molar-refractivity contribution in [3.63, 3.8) is 0 Å². The van der Waals surface area contributed by atoms with Crippen LogP contribution in [0.5, 0.6) is 5.88 Å². The molecule has 2 aromatic rings. The molecular formula is C17H24N6O. The topological polar surface area (TPSA) is 112 Å². The van der Waals surface area contributed by atoms with Crippen LogP contribution in [-0.4, -0.2) is 28.1 Å². The van der Waals surface area contributed by atoms with Crippen LogP contribution >= 0.6 is 0 Å². The maximum absolute atomic E-state index is 5.87. The van der Waals surface area contributed by atoms with Crippen LogP contribution in [0.1, 0.15) is 41.3 Å². The number of rotatable bonds is 5. The van der Waals surface area contributed by atoms with Gasteiger partial charge >= 0.3 is 0 Å². The molecule has 2 heterocycles. The highest BCUT2D eigenvalue weighted by Crippen LogP contribution is 2.35. The van der Waals surface area contributed by atoms with E-state index in [0.29, 0.717) is 24.2 Å². The van der Waals surface area contributed by atoms with Gasteiger partial charge in [-0.15, -0.1) is 0 Å². The van der Waals surface area contributed by atoms with Gasteiger partial charge in [0.25, 0.3) is 0 Å². The second-order valence-electron chi connectivity index (χ2n) is 6.39. The Morgan fingerprint density at radius 1 is 1.21 bits per heavy atom. The Morgan fingerprint density at radius 3 is 2.62 bits per heavy atom. The maximum atomic E-state index is 5.87. The van der Waals surface area contributed by atoms with Crippen molar-refractivity contribution in [1.29, 1.82) is 0 Å². The number of aryl methyl sites for hydroxylation is 2. The van der Waals surface area contributed by atoms with E-state index in [0.717, 1.165) is 35.4 Å². The van der Waals surface area contributed by atoms with E-state index in [1.165, 1.54) is 0 Å². The highest BCUT2D eigenvalue weighted by molar-refractivity contribution is 5.45. The van der Waals surface area contributed by atoms with Gasteiger partial charge in [-0.1, -0.05) is 0 Å². The van der Waals surface area contributed by atoms with Gasteiger partial charge in [0.2, 0.25) is 11.8 Å². The molecule has 5 N–H and O–H groups in total. The van der Waals surface area contributed by atoms with Crippen LogP contribution in [0.25, 0.3) is 0 Å². The molecule has 0 aromatic carbocycles. The van der Waals surface area contributed by atoms with Crippen molar-refractivity contribution >= 4 is 11.8 Å². The molecule has 0 aliphatic heterocycles. The second kappa shape index (κ2) is 6.60. The maximum Gasteiger partial charge on any atom is 0.222 e. The SMILES string of the molecule is COc1nc(C)cc(C)c1CNc1cc(C2CC(N)C2)nc(N)n1. The Morgan fingerprint density at radius 2 is 1.96 bits per heavy atom. The van der Waals surface area contributed by atoms with Gasteiger partial charge in [-0.2, -0.15) is 4.98 Å². The van der Waals surface area contributed by atoms with Crippen molar-refractivity contribution in [3.8, 4) is 5.88 Å². The molecule has 7 nitrogen and oxygen atoms in total. The number of aromatic nitrogens is 3. The van der Waals surface area contributed by atoms with Crippen molar-refractivity contribution in [2.75, 3.05) is 18.2 Å². The van der Waals surface area contributed by atoms with E-state index in [2.05, 4.69) is 20.3 Å². The van der Waals surface area contributed by atoms with E-state index < -0.39 is 0 Å². The summed E-state index contributed by atoms with van der Waals surface area (Å²) in [7, 11) is 1.63. The molecule has 0 unspecified atom stereocenters. The van der Waals surface area contributed by atoms with Crippen LogP contribution in [0.15, 0.2) is 12.1 Å². The molecule has 1 saturated carbocycles. The number of pyridine rings is 1. The molecule has 0 amide bonds. The first-order valence-corrected chi connectivity index (χ1v) is 8.11. The minimum absolute atomic E-state index is 0.271. The number of nitrogens with one attached hydrogen (secondary N) is 1. The van der Waals surface area contributed by atoms with Gasteiger partial charge in [-0.05, 0) is 38.3 Å². The second-order valence-corrected chi connectivity index (χ2v) is 6.39. The minimum Gasteiger partial charge on any atom is -0.481 e. The van der Waals surface area contributed by atoms with Crippen LogP contribution in [-0.2, 0) is 6.54 Å². The Balaban J connectivity index is 1.78. The smallest absolute Gasteiger partial charge is 0.222 e. The predicted octanol–water partition coefficient (Wildman–Crippen LogP) is 1.90. The lowest BCUT2D eigenvalue weighted by atomic mass is 9.78. The molecule has 0 atom stereocenters. The number of nitrogens with zero attached hydrogens (tertiary/aromatic N) is 3. The molecule has 3 rings (SSSR count). The zero-order valence-electron chi connectivity index (χ0n) is 14.3. The zero-order valence-corrected chi connectivity index (χ0v) is 14.3. The minimum atomic E-state index is 0.271. The Labute approximate surface area is 141 Å². The zero-order chi connectivity index (χ0) is 17.3. The van der Waals surface area contributed by atoms with Crippen molar-refractivity contribution in [2.24, 2.45) is 5.73 Å². The summed E-state index contributed by atoms with van der Waals surface area (Å²) in [6.45, 7) is 4.56. The van der Waals surface area contributed by atoms with Crippen molar-refractivity contribution in [1.82, 2.24) is 15.0 Å². The van der Waals surface area contributed by atoms with Gasteiger partial charge in [0.1, 0.15) is 5.82 Å². The lowest BCUT2D eigenvalue weighted by Crippen LogP contribution is -2.35.